The average molecular weight is 508 g/mol. The van der Waals surface area contributed by atoms with Crippen LogP contribution in [0, 0.1) is 6.92 Å². The molecule has 0 spiro atoms. The minimum Gasteiger partial charge on any atom is -0.493 e. The van der Waals surface area contributed by atoms with Crippen LogP contribution in [0.25, 0.3) is 17.0 Å². The Hall–Kier alpha value is -4.65. The Labute approximate surface area is 221 Å². The minimum absolute atomic E-state index is 0.0880. The molecule has 7 heteroatoms. The molecule has 4 amide bonds. The van der Waals surface area contributed by atoms with E-state index in [-0.39, 0.29) is 5.57 Å². The van der Waals surface area contributed by atoms with E-state index in [0.29, 0.717) is 18.8 Å². The number of aromatic nitrogens is 1. The molecule has 1 aromatic heterocycles. The third-order valence-electron chi connectivity index (χ3n) is 6.72. The zero-order valence-corrected chi connectivity index (χ0v) is 21.4. The van der Waals surface area contributed by atoms with Crippen molar-refractivity contribution in [2.75, 3.05) is 11.5 Å². The van der Waals surface area contributed by atoms with Crippen LogP contribution in [0.2, 0.25) is 0 Å². The number of carbonyl (C=O) groups is 3. The largest absolute Gasteiger partial charge is 0.493 e. The first-order valence-corrected chi connectivity index (χ1v) is 12.7. The number of fused-ring (bicyclic) bond motifs is 1. The van der Waals surface area contributed by atoms with Gasteiger partial charge in [-0.05, 0) is 61.2 Å². The van der Waals surface area contributed by atoms with Gasteiger partial charge >= 0.3 is 6.03 Å². The summed E-state index contributed by atoms with van der Waals surface area (Å²) in [5.74, 6) is -0.475. The average Bonchev–Trinajstić information content (AvgIpc) is 3.27. The van der Waals surface area contributed by atoms with E-state index in [1.807, 2.05) is 80.7 Å². The SMILES string of the molecule is CCc1ccc(N2C(=O)NC(=O)/C(=C/c3cn(CCCOc4ccccc4C)c4ccccc34)C2=O)cc1. The van der Waals surface area contributed by atoms with E-state index in [9.17, 15) is 14.4 Å². The summed E-state index contributed by atoms with van der Waals surface area (Å²) in [6.45, 7) is 5.31. The molecule has 4 aromatic rings. The molecule has 38 heavy (non-hydrogen) atoms. The summed E-state index contributed by atoms with van der Waals surface area (Å²) in [7, 11) is 0. The van der Waals surface area contributed by atoms with Gasteiger partial charge in [0.25, 0.3) is 11.8 Å². The van der Waals surface area contributed by atoms with Crippen molar-refractivity contribution in [3.8, 4) is 5.75 Å². The Kier molecular flexibility index (Phi) is 7.09. The van der Waals surface area contributed by atoms with Crippen molar-refractivity contribution in [2.45, 2.75) is 33.2 Å². The second-order valence-electron chi connectivity index (χ2n) is 9.24. The zero-order chi connectivity index (χ0) is 26.6. The number of aryl methyl sites for hydroxylation is 3. The van der Waals surface area contributed by atoms with E-state index in [4.69, 9.17) is 4.74 Å². The highest BCUT2D eigenvalue weighted by atomic mass is 16.5. The highest BCUT2D eigenvalue weighted by Gasteiger charge is 2.37. The van der Waals surface area contributed by atoms with Crippen LogP contribution in [0.15, 0.2) is 84.6 Å². The number of amides is 4. The summed E-state index contributed by atoms with van der Waals surface area (Å²) in [4.78, 5) is 39.7. The van der Waals surface area contributed by atoms with Gasteiger partial charge in [0.15, 0.2) is 0 Å². The van der Waals surface area contributed by atoms with Crippen LogP contribution in [0.1, 0.15) is 30.0 Å². The molecular weight excluding hydrogens is 478 g/mol. The van der Waals surface area contributed by atoms with Gasteiger partial charge < -0.3 is 9.30 Å². The highest BCUT2D eigenvalue weighted by molar-refractivity contribution is 6.39. The second-order valence-corrected chi connectivity index (χ2v) is 9.24. The molecule has 0 atom stereocenters. The number of nitrogens with zero attached hydrogens (tertiary/aromatic N) is 2. The van der Waals surface area contributed by atoms with Crippen molar-refractivity contribution < 1.29 is 19.1 Å². The molecule has 1 N–H and O–H groups in total. The number of anilines is 1. The standard InChI is InChI=1S/C31H29N3O4/c1-3-22-13-15-24(16-14-22)34-30(36)26(29(35)32-31(34)37)19-23-20-33(27-11-6-5-10-25(23)27)17-8-18-38-28-12-7-4-9-21(28)2/h4-7,9-16,19-20H,3,8,17-18H2,1-2H3,(H,32,35,37)/b26-19-. The van der Waals surface area contributed by atoms with Crippen molar-refractivity contribution in [1.82, 2.24) is 9.88 Å². The third-order valence-corrected chi connectivity index (χ3v) is 6.72. The van der Waals surface area contributed by atoms with Crippen molar-refractivity contribution in [2.24, 2.45) is 0 Å². The Morgan fingerprint density at radius 3 is 2.42 bits per heavy atom. The van der Waals surface area contributed by atoms with Gasteiger partial charge in [-0.1, -0.05) is 55.5 Å². The lowest BCUT2D eigenvalue weighted by Crippen LogP contribution is -2.54. The number of para-hydroxylation sites is 2. The molecular formula is C31H29N3O4. The van der Waals surface area contributed by atoms with Crippen LogP contribution in [-0.4, -0.2) is 29.0 Å². The highest BCUT2D eigenvalue weighted by Crippen LogP contribution is 2.27. The number of imide groups is 2. The summed E-state index contributed by atoms with van der Waals surface area (Å²) in [5, 5.41) is 3.22. The molecule has 2 heterocycles. The molecule has 0 bridgehead atoms. The van der Waals surface area contributed by atoms with Gasteiger partial charge in [-0.2, -0.15) is 0 Å². The molecule has 5 rings (SSSR count). The first kappa shape index (κ1) is 25.0. The number of hydrogen-bond acceptors (Lipinski definition) is 4. The summed E-state index contributed by atoms with van der Waals surface area (Å²) < 4.78 is 8.04. The molecule has 1 saturated heterocycles. The molecule has 7 nitrogen and oxygen atoms in total. The molecule has 3 aromatic carbocycles. The number of barbiturate groups is 1. The number of hydrogen-bond donors (Lipinski definition) is 1. The lowest BCUT2D eigenvalue weighted by atomic mass is 10.1. The van der Waals surface area contributed by atoms with E-state index in [2.05, 4.69) is 9.88 Å². The van der Waals surface area contributed by atoms with Crippen LogP contribution in [0.3, 0.4) is 0 Å². The lowest BCUT2D eigenvalue weighted by Gasteiger charge is -2.26. The lowest BCUT2D eigenvalue weighted by molar-refractivity contribution is -0.122. The minimum atomic E-state index is -0.752. The van der Waals surface area contributed by atoms with E-state index < -0.39 is 17.8 Å². The monoisotopic (exact) mass is 507 g/mol. The first-order valence-electron chi connectivity index (χ1n) is 12.7. The van der Waals surface area contributed by atoms with Crippen LogP contribution >= 0.6 is 0 Å². The molecule has 1 fully saturated rings. The van der Waals surface area contributed by atoms with E-state index in [1.54, 1.807) is 18.2 Å². The van der Waals surface area contributed by atoms with Crippen LogP contribution in [0.4, 0.5) is 10.5 Å². The number of rotatable bonds is 8. The molecule has 0 saturated carbocycles. The van der Waals surface area contributed by atoms with Crippen LogP contribution in [-0.2, 0) is 22.6 Å². The predicted molar refractivity (Wildman–Crippen MR) is 148 cm³/mol. The smallest absolute Gasteiger partial charge is 0.335 e. The van der Waals surface area contributed by atoms with E-state index >= 15 is 0 Å². The van der Waals surface area contributed by atoms with E-state index in [1.165, 1.54) is 0 Å². The summed E-state index contributed by atoms with van der Waals surface area (Å²) in [5.41, 5.74) is 4.23. The van der Waals surface area contributed by atoms with Crippen LogP contribution in [0.5, 0.6) is 5.75 Å². The Balaban J connectivity index is 1.40. The zero-order valence-electron chi connectivity index (χ0n) is 21.4. The number of urea groups is 1. The summed E-state index contributed by atoms with van der Waals surface area (Å²) in [6, 6.07) is 22.2. The van der Waals surface area contributed by atoms with Gasteiger partial charge in [0, 0.05) is 29.2 Å². The number of benzene rings is 3. The number of carbonyl (C=O) groups excluding carboxylic acids is 3. The molecule has 192 valence electrons. The first-order chi connectivity index (χ1) is 18.5. The number of nitrogens with one attached hydrogen (secondary N) is 1. The maximum atomic E-state index is 13.4. The molecule has 0 radical (unpaired) electrons. The molecule has 1 aliphatic rings. The van der Waals surface area contributed by atoms with Gasteiger partial charge in [-0.3, -0.25) is 14.9 Å². The molecule has 0 aliphatic carbocycles. The fourth-order valence-electron chi connectivity index (χ4n) is 4.64. The van der Waals surface area contributed by atoms with Crippen molar-refractivity contribution in [1.29, 1.82) is 0 Å². The third kappa shape index (κ3) is 4.95. The fourth-order valence-corrected chi connectivity index (χ4v) is 4.64. The van der Waals surface area contributed by atoms with Crippen LogP contribution < -0.4 is 15.0 Å². The second kappa shape index (κ2) is 10.8. The predicted octanol–water partition coefficient (Wildman–Crippen LogP) is 5.65. The Morgan fingerprint density at radius 2 is 1.66 bits per heavy atom. The van der Waals surface area contributed by atoms with E-state index in [0.717, 1.165) is 51.1 Å². The Bertz CT molecular complexity index is 1550. The summed E-state index contributed by atoms with van der Waals surface area (Å²) in [6.07, 6.45) is 5.12. The molecule has 1 aliphatic heterocycles. The van der Waals surface area contributed by atoms with Gasteiger partial charge in [0.1, 0.15) is 11.3 Å². The Morgan fingerprint density at radius 1 is 0.921 bits per heavy atom. The molecule has 0 unspecified atom stereocenters. The van der Waals surface area contributed by atoms with Gasteiger partial charge in [0.2, 0.25) is 0 Å². The quantitative estimate of drug-likeness (QED) is 0.190. The van der Waals surface area contributed by atoms with Crippen molar-refractivity contribution in [3.05, 3.63) is 101 Å². The maximum Gasteiger partial charge on any atom is 0.335 e. The maximum absolute atomic E-state index is 13.4. The van der Waals surface area contributed by atoms with Crippen molar-refractivity contribution in [3.63, 3.8) is 0 Å². The van der Waals surface area contributed by atoms with Crippen molar-refractivity contribution >= 4 is 40.5 Å². The summed E-state index contributed by atoms with van der Waals surface area (Å²) >= 11 is 0. The van der Waals surface area contributed by atoms with Gasteiger partial charge in [-0.15, -0.1) is 0 Å². The topological polar surface area (TPSA) is 80.6 Å². The van der Waals surface area contributed by atoms with Gasteiger partial charge in [0.05, 0.1) is 12.3 Å². The number of ether oxygens (including phenoxy) is 1. The fraction of sp³-hybridized carbons (Fsp3) is 0.194. The normalized spacial score (nSPS) is 14.8. The van der Waals surface area contributed by atoms with Gasteiger partial charge in [-0.25, -0.2) is 9.69 Å².